The quantitative estimate of drug-likeness (QED) is 0.436. The second-order valence-electron chi connectivity index (χ2n) is 4.45. The number of hydrogen-bond acceptors (Lipinski definition) is 4. The minimum atomic E-state index is -0.291. The minimum absolute atomic E-state index is 0.0517. The SMILES string of the molecule is [N-]=[N+]=NC[C@H]1CC[C@@H](C(=O)Nc2cccc(O)c2)N1. The van der Waals surface area contributed by atoms with Crippen LogP contribution in [-0.2, 0) is 4.79 Å². The topological polar surface area (TPSA) is 110 Å². The lowest BCUT2D eigenvalue weighted by Crippen LogP contribution is -2.39. The maximum atomic E-state index is 12.0. The van der Waals surface area contributed by atoms with Crippen molar-refractivity contribution in [1.29, 1.82) is 0 Å². The van der Waals surface area contributed by atoms with Crippen LogP contribution in [0.4, 0.5) is 5.69 Å². The molecule has 1 aromatic carbocycles. The van der Waals surface area contributed by atoms with Crippen molar-refractivity contribution in [2.75, 3.05) is 11.9 Å². The van der Waals surface area contributed by atoms with E-state index in [1.54, 1.807) is 18.2 Å². The fraction of sp³-hybridized carbons (Fsp3) is 0.417. The molecule has 0 aliphatic carbocycles. The van der Waals surface area contributed by atoms with Crippen LogP contribution in [0.15, 0.2) is 29.4 Å². The van der Waals surface area contributed by atoms with Gasteiger partial charge in [-0.05, 0) is 30.5 Å². The van der Waals surface area contributed by atoms with E-state index in [-0.39, 0.29) is 23.7 Å². The summed E-state index contributed by atoms with van der Waals surface area (Å²) in [6, 6.07) is 6.17. The summed E-state index contributed by atoms with van der Waals surface area (Å²) in [5, 5.41) is 18.7. The zero-order valence-corrected chi connectivity index (χ0v) is 10.3. The Hall–Kier alpha value is -2.24. The Labute approximate surface area is 110 Å². The lowest BCUT2D eigenvalue weighted by atomic mass is 10.2. The first-order chi connectivity index (χ1) is 9.19. The molecule has 2 rings (SSSR count). The number of amides is 1. The summed E-state index contributed by atoms with van der Waals surface area (Å²) in [5.74, 6) is -0.0348. The molecule has 1 fully saturated rings. The molecule has 0 bridgehead atoms. The normalized spacial score (nSPS) is 21.7. The highest BCUT2D eigenvalue weighted by atomic mass is 16.3. The largest absolute Gasteiger partial charge is 0.508 e. The van der Waals surface area contributed by atoms with Crippen LogP contribution in [0.3, 0.4) is 0 Å². The van der Waals surface area contributed by atoms with E-state index in [0.717, 1.165) is 6.42 Å². The molecule has 1 saturated heterocycles. The minimum Gasteiger partial charge on any atom is -0.508 e. The summed E-state index contributed by atoms with van der Waals surface area (Å²) < 4.78 is 0. The average molecular weight is 261 g/mol. The smallest absolute Gasteiger partial charge is 0.241 e. The summed E-state index contributed by atoms with van der Waals surface area (Å²) in [5.41, 5.74) is 8.81. The monoisotopic (exact) mass is 261 g/mol. The van der Waals surface area contributed by atoms with Crippen molar-refractivity contribution in [3.63, 3.8) is 0 Å². The van der Waals surface area contributed by atoms with E-state index in [0.29, 0.717) is 18.7 Å². The number of phenolic OH excluding ortho intramolecular Hbond substituents is 1. The Morgan fingerprint density at radius 1 is 1.58 bits per heavy atom. The van der Waals surface area contributed by atoms with E-state index in [1.165, 1.54) is 6.07 Å². The van der Waals surface area contributed by atoms with Gasteiger partial charge < -0.3 is 15.7 Å². The fourth-order valence-electron chi connectivity index (χ4n) is 2.12. The summed E-state index contributed by atoms with van der Waals surface area (Å²) >= 11 is 0. The number of phenols is 1. The molecule has 0 saturated carbocycles. The van der Waals surface area contributed by atoms with Gasteiger partial charge in [0.25, 0.3) is 0 Å². The van der Waals surface area contributed by atoms with Gasteiger partial charge in [-0.25, -0.2) is 0 Å². The first-order valence-electron chi connectivity index (χ1n) is 6.06. The molecule has 7 nitrogen and oxygen atoms in total. The first-order valence-corrected chi connectivity index (χ1v) is 6.06. The van der Waals surface area contributed by atoms with Gasteiger partial charge in [-0.1, -0.05) is 11.2 Å². The van der Waals surface area contributed by atoms with Crippen LogP contribution in [0.25, 0.3) is 10.4 Å². The standard InChI is InChI=1S/C12H15N5O2/c13-17-14-7-9-4-5-11(15-9)12(19)16-8-2-1-3-10(18)6-8/h1-3,6,9,11,15,18H,4-5,7H2,(H,16,19)/t9-,11+/m1/s1. The van der Waals surface area contributed by atoms with Gasteiger partial charge in [-0.2, -0.15) is 0 Å². The van der Waals surface area contributed by atoms with Gasteiger partial charge in [0.1, 0.15) is 5.75 Å². The van der Waals surface area contributed by atoms with Crippen LogP contribution < -0.4 is 10.6 Å². The van der Waals surface area contributed by atoms with E-state index >= 15 is 0 Å². The van der Waals surface area contributed by atoms with Crippen LogP contribution in [0.1, 0.15) is 12.8 Å². The number of aromatic hydroxyl groups is 1. The summed E-state index contributed by atoms with van der Waals surface area (Å²) in [7, 11) is 0. The third-order valence-corrected chi connectivity index (χ3v) is 3.04. The third kappa shape index (κ3) is 3.61. The molecular weight excluding hydrogens is 246 g/mol. The van der Waals surface area contributed by atoms with Gasteiger partial charge in [0.15, 0.2) is 0 Å². The van der Waals surface area contributed by atoms with Crippen molar-refractivity contribution in [3.8, 4) is 5.75 Å². The zero-order chi connectivity index (χ0) is 13.7. The molecule has 1 aliphatic heterocycles. The number of hydrogen-bond donors (Lipinski definition) is 3. The number of nitrogens with one attached hydrogen (secondary N) is 2. The van der Waals surface area contributed by atoms with Gasteiger partial charge in [-0.3, -0.25) is 4.79 Å². The van der Waals surface area contributed by atoms with Crippen molar-refractivity contribution in [2.45, 2.75) is 24.9 Å². The van der Waals surface area contributed by atoms with Crippen molar-refractivity contribution < 1.29 is 9.90 Å². The summed E-state index contributed by atoms with van der Waals surface area (Å²) in [6.07, 6.45) is 1.51. The highest BCUT2D eigenvalue weighted by Gasteiger charge is 2.28. The molecule has 0 aromatic heterocycles. The second-order valence-corrected chi connectivity index (χ2v) is 4.45. The Morgan fingerprint density at radius 2 is 2.42 bits per heavy atom. The molecule has 100 valence electrons. The number of nitrogens with zero attached hydrogens (tertiary/aromatic N) is 3. The molecule has 0 radical (unpaired) electrons. The predicted molar refractivity (Wildman–Crippen MR) is 70.7 cm³/mol. The number of carbonyl (C=O) groups is 1. The highest BCUT2D eigenvalue weighted by molar-refractivity contribution is 5.95. The Bertz CT molecular complexity index is 513. The van der Waals surface area contributed by atoms with Crippen LogP contribution in [0.5, 0.6) is 5.75 Å². The molecule has 7 heteroatoms. The molecule has 19 heavy (non-hydrogen) atoms. The molecule has 2 atom stereocenters. The summed E-state index contributed by atoms with van der Waals surface area (Å²) in [6.45, 7) is 0.354. The average Bonchev–Trinajstić information content (AvgIpc) is 2.85. The number of benzene rings is 1. The van der Waals surface area contributed by atoms with Crippen LogP contribution >= 0.6 is 0 Å². The maximum Gasteiger partial charge on any atom is 0.241 e. The van der Waals surface area contributed by atoms with Gasteiger partial charge in [0.2, 0.25) is 5.91 Å². The number of anilines is 1. The van der Waals surface area contributed by atoms with E-state index in [4.69, 9.17) is 5.53 Å². The number of carbonyl (C=O) groups excluding carboxylic acids is 1. The van der Waals surface area contributed by atoms with Gasteiger partial charge in [0.05, 0.1) is 6.04 Å². The van der Waals surface area contributed by atoms with E-state index < -0.39 is 0 Å². The van der Waals surface area contributed by atoms with E-state index in [1.807, 2.05) is 0 Å². The lowest BCUT2D eigenvalue weighted by molar-refractivity contribution is -0.117. The molecule has 0 spiro atoms. The number of azide groups is 1. The van der Waals surface area contributed by atoms with Crippen LogP contribution in [-0.4, -0.2) is 29.6 Å². The second kappa shape index (κ2) is 6.08. The molecule has 1 heterocycles. The lowest BCUT2D eigenvalue weighted by Gasteiger charge is -2.13. The maximum absolute atomic E-state index is 12.0. The van der Waals surface area contributed by atoms with Crippen LogP contribution in [0.2, 0.25) is 0 Å². The Balaban J connectivity index is 1.89. The number of rotatable bonds is 4. The molecule has 3 N–H and O–H groups in total. The predicted octanol–water partition coefficient (Wildman–Crippen LogP) is 1.76. The van der Waals surface area contributed by atoms with Gasteiger partial charge in [0, 0.05) is 29.3 Å². The van der Waals surface area contributed by atoms with Crippen molar-refractivity contribution in [3.05, 3.63) is 34.7 Å². The molecule has 1 aliphatic rings. The van der Waals surface area contributed by atoms with Crippen molar-refractivity contribution >= 4 is 11.6 Å². The molecule has 1 amide bonds. The molecular formula is C12H15N5O2. The molecule has 0 unspecified atom stereocenters. The van der Waals surface area contributed by atoms with Crippen molar-refractivity contribution in [1.82, 2.24) is 5.32 Å². The first kappa shape index (κ1) is 13.2. The Morgan fingerprint density at radius 3 is 3.16 bits per heavy atom. The Kier molecular flexibility index (Phi) is 4.22. The molecule has 1 aromatic rings. The van der Waals surface area contributed by atoms with E-state index in [2.05, 4.69) is 20.7 Å². The van der Waals surface area contributed by atoms with E-state index in [9.17, 15) is 9.90 Å². The highest BCUT2D eigenvalue weighted by Crippen LogP contribution is 2.18. The van der Waals surface area contributed by atoms with Crippen LogP contribution in [0, 0.1) is 0 Å². The van der Waals surface area contributed by atoms with Gasteiger partial charge >= 0.3 is 0 Å². The third-order valence-electron chi connectivity index (χ3n) is 3.04. The zero-order valence-electron chi connectivity index (χ0n) is 10.3. The summed E-state index contributed by atoms with van der Waals surface area (Å²) in [4.78, 5) is 14.7. The fourth-order valence-corrected chi connectivity index (χ4v) is 2.12. The van der Waals surface area contributed by atoms with Gasteiger partial charge in [-0.15, -0.1) is 0 Å². The van der Waals surface area contributed by atoms with Crippen molar-refractivity contribution in [2.24, 2.45) is 5.11 Å².